The monoisotopic (exact) mass is 288 g/mol. The van der Waals surface area contributed by atoms with Crippen molar-refractivity contribution in [3.8, 4) is 0 Å². The van der Waals surface area contributed by atoms with Crippen LogP contribution in [0, 0.1) is 0 Å². The maximum absolute atomic E-state index is 10.1. The van der Waals surface area contributed by atoms with Crippen molar-refractivity contribution in [1.82, 2.24) is 0 Å². The minimum absolute atomic E-state index is 0.0741. The van der Waals surface area contributed by atoms with Crippen LogP contribution in [0.1, 0.15) is 26.7 Å². The molecular formula is C14H21ClO2S. The molecule has 0 aliphatic heterocycles. The summed E-state index contributed by atoms with van der Waals surface area (Å²) in [5.41, 5.74) is 0. The lowest BCUT2D eigenvalue weighted by Crippen LogP contribution is -2.31. The average Bonchev–Trinajstić information content (AvgIpc) is 2.37. The number of aliphatic hydroxyl groups excluding tert-OH is 1. The van der Waals surface area contributed by atoms with Gasteiger partial charge in [0, 0.05) is 17.3 Å². The van der Waals surface area contributed by atoms with Crippen molar-refractivity contribution in [3.63, 3.8) is 0 Å². The van der Waals surface area contributed by atoms with Gasteiger partial charge in [0.05, 0.1) is 17.2 Å². The van der Waals surface area contributed by atoms with Gasteiger partial charge in [-0.2, -0.15) is 0 Å². The van der Waals surface area contributed by atoms with Gasteiger partial charge in [-0.05, 0) is 25.5 Å². The standard InChI is InChI=1S/C14H21ClO2S/c1-3-7-13(17-4-2)12(16)10-18-14-9-6-5-8-11(14)15/h5-6,8-9,12-13,16H,3-4,7,10H2,1-2H3. The van der Waals surface area contributed by atoms with Crippen LogP contribution in [0.25, 0.3) is 0 Å². The molecule has 102 valence electrons. The van der Waals surface area contributed by atoms with E-state index < -0.39 is 6.10 Å². The molecule has 0 bridgehead atoms. The molecule has 0 fully saturated rings. The van der Waals surface area contributed by atoms with Crippen LogP contribution in [0.15, 0.2) is 29.2 Å². The van der Waals surface area contributed by atoms with Crippen molar-refractivity contribution in [2.75, 3.05) is 12.4 Å². The molecule has 1 aromatic carbocycles. The summed E-state index contributed by atoms with van der Waals surface area (Å²) in [7, 11) is 0. The molecule has 0 saturated carbocycles. The second-order valence-corrected chi connectivity index (χ2v) is 5.56. The van der Waals surface area contributed by atoms with Gasteiger partial charge in [-0.3, -0.25) is 0 Å². The Bertz CT molecular complexity index is 340. The quantitative estimate of drug-likeness (QED) is 0.733. The van der Waals surface area contributed by atoms with Gasteiger partial charge in [0.1, 0.15) is 0 Å². The molecule has 0 heterocycles. The lowest BCUT2D eigenvalue weighted by atomic mass is 10.1. The molecule has 4 heteroatoms. The summed E-state index contributed by atoms with van der Waals surface area (Å²) in [5.74, 6) is 0.606. The molecule has 1 rings (SSSR count). The number of rotatable bonds is 8. The SMILES string of the molecule is CCCC(OCC)C(O)CSc1ccccc1Cl. The van der Waals surface area contributed by atoms with Gasteiger partial charge in [-0.25, -0.2) is 0 Å². The van der Waals surface area contributed by atoms with Crippen LogP contribution in [0.4, 0.5) is 0 Å². The fraction of sp³-hybridized carbons (Fsp3) is 0.571. The Morgan fingerprint density at radius 1 is 1.33 bits per heavy atom. The molecule has 0 radical (unpaired) electrons. The number of aliphatic hydroxyl groups is 1. The molecule has 0 aliphatic carbocycles. The van der Waals surface area contributed by atoms with Crippen LogP contribution in [-0.2, 0) is 4.74 Å². The molecular weight excluding hydrogens is 268 g/mol. The number of benzene rings is 1. The van der Waals surface area contributed by atoms with E-state index in [1.54, 1.807) is 11.8 Å². The second kappa shape index (κ2) is 8.81. The zero-order valence-electron chi connectivity index (χ0n) is 10.9. The van der Waals surface area contributed by atoms with Crippen molar-refractivity contribution in [2.24, 2.45) is 0 Å². The number of halogens is 1. The molecule has 0 aliphatic rings. The summed E-state index contributed by atoms with van der Waals surface area (Å²) < 4.78 is 5.57. The van der Waals surface area contributed by atoms with E-state index in [9.17, 15) is 5.11 Å². The average molecular weight is 289 g/mol. The highest BCUT2D eigenvalue weighted by Crippen LogP contribution is 2.28. The predicted molar refractivity (Wildman–Crippen MR) is 78.5 cm³/mol. The first-order chi connectivity index (χ1) is 8.69. The largest absolute Gasteiger partial charge is 0.390 e. The van der Waals surface area contributed by atoms with Crippen LogP contribution in [0.2, 0.25) is 5.02 Å². The van der Waals surface area contributed by atoms with Gasteiger partial charge in [0.2, 0.25) is 0 Å². The van der Waals surface area contributed by atoms with Crippen molar-refractivity contribution in [2.45, 2.75) is 43.8 Å². The highest BCUT2D eigenvalue weighted by atomic mass is 35.5. The number of hydrogen-bond acceptors (Lipinski definition) is 3. The third-order valence-electron chi connectivity index (χ3n) is 2.63. The summed E-state index contributed by atoms with van der Waals surface area (Å²) in [4.78, 5) is 1.00. The topological polar surface area (TPSA) is 29.5 Å². The van der Waals surface area contributed by atoms with Crippen LogP contribution >= 0.6 is 23.4 Å². The highest BCUT2D eigenvalue weighted by molar-refractivity contribution is 7.99. The predicted octanol–water partition coefficient (Wildman–Crippen LogP) is 4.00. The molecule has 0 amide bonds. The summed E-state index contributed by atoms with van der Waals surface area (Å²) in [6.45, 7) is 4.69. The normalized spacial score (nSPS) is 14.4. The maximum Gasteiger partial charge on any atom is 0.0895 e. The summed E-state index contributed by atoms with van der Waals surface area (Å²) in [6, 6.07) is 7.69. The minimum Gasteiger partial charge on any atom is -0.390 e. The zero-order valence-corrected chi connectivity index (χ0v) is 12.5. The van der Waals surface area contributed by atoms with Gasteiger partial charge in [0.15, 0.2) is 0 Å². The first-order valence-corrected chi connectivity index (χ1v) is 7.72. The Morgan fingerprint density at radius 2 is 2.06 bits per heavy atom. The molecule has 0 aromatic heterocycles. The summed E-state index contributed by atoms with van der Waals surface area (Å²) in [5, 5.41) is 10.9. The van der Waals surface area contributed by atoms with Gasteiger partial charge in [-0.1, -0.05) is 37.1 Å². The molecule has 1 N–H and O–H groups in total. The second-order valence-electron chi connectivity index (χ2n) is 4.09. The van der Waals surface area contributed by atoms with E-state index in [-0.39, 0.29) is 6.10 Å². The molecule has 2 nitrogen and oxygen atoms in total. The van der Waals surface area contributed by atoms with Crippen molar-refractivity contribution in [1.29, 1.82) is 0 Å². The van der Waals surface area contributed by atoms with Crippen LogP contribution in [0.5, 0.6) is 0 Å². The molecule has 1 aromatic rings. The van der Waals surface area contributed by atoms with Gasteiger partial charge in [-0.15, -0.1) is 11.8 Å². The lowest BCUT2D eigenvalue weighted by Gasteiger charge is -2.22. The first kappa shape index (κ1) is 15.8. The molecule has 2 atom stereocenters. The van der Waals surface area contributed by atoms with Gasteiger partial charge < -0.3 is 9.84 Å². The minimum atomic E-state index is -0.453. The lowest BCUT2D eigenvalue weighted by molar-refractivity contribution is -0.0264. The molecule has 0 saturated heterocycles. The summed E-state index contributed by atoms with van der Waals surface area (Å²) in [6.07, 6.45) is 1.37. The fourth-order valence-electron chi connectivity index (χ4n) is 1.73. The van der Waals surface area contributed by atoms with Gasteiger partial charge in [0.25, 0.3) is 0 Å². The summed E-state index contributed by atoms with van der Waals surface area (Å²) >= 11 is 7.65. The molecule has 18 heavy (non-hydrogen) atoms. The fourth-order valence-corrected chi connectivity index (χ4v) is 2.97. The van der Waals surface area contributed by atoms with E-state index in [1.165, 1.54) is 0 Å². The molecule has 2 unspecified atom stereocenters. The van der Waals surface area contributed by atoms with Crippen LogP contribution < -0.4 is 0 Å². The van der Waals surface area contributed by atoms with E-state index in [4.69, 9.17) is 16.3 Å². The Kier molecular flexibility index (Phi) is 7.75. The third-order valence-corrected chi connectivity index (χ3v) is 4.25. The smallest absolute Gasteiger partial charge is 0.0895 e. The van der Waals surface area contributed by atoms with E-state index >= 15 is 0 Å². The maximum atomic E-state index is 10.1. The van der Waals surface area contributed by atoms with Crippen molar-refractivity contribution < 1.29 is 9.84 Å². The zero-order chi connectivity index (χ0) is 13.4. The van der Waals surface area contributed by atoms with Gasteiger partial charge >= 0.3 is 0 Å². The third kappa shape index (κ3) is 5.19. The Hall–Kier alpha value is -0.220. The Balaban J connectivity index is 2.48. The number of hydrogen-bond donors (Lipinski definition) is 1. The number of ether oxygens (including phenoxy) is 1. The van der Waals surface area contributed by atoms with Crippen molar-refractivity contribution in [3.05, 3.63) is 29.3 Å². The highest BCUT2D eigenvalue weighted by Gasteiger charge is 2.19. The van der Waals surface area contributed by atoms with E-state index in [0.717, 1.165) is 22.8 Å². The Morgan fingerprint density at radius 3 is 2.67 bits per heavy atom. The van der Waals surface area contributed by atoms with E-state index in [1.807, 2.05) is 31.2 Å². The van der Waals surface area contributed by atoms with Crippen molar-refractivity contribution >= 4 is 23.4 Å². The first-order valence-electron chi connectivity index (χ1n) is 6.36. The number of thioether (sulfide) groups is 1. The van der Waals surface area contributed by atoms with E-state index in [0.29, 0.717) is 12.4 Å². The van der Waals surface area contributed by atoms with Crippen LogP contribution in [-0.4, -0.2) is 29.7 Å². The van der Waals surface area contributed by atoms with E-state index in [2.05, 4.69) is 6.92 Å². The van der Waals surface area contributed by atoms with Crippen LogP contribution in [0.3, 0.4) is 0 Å². The molecule has 0 spiro atoms. The Labute approximate surface area is 119 Å².